The number of aliphatic imine (C=N–C) groups is 1. The van der Waals surface area contributed by atoms with Crippen molar-refractivity contribution in [1.82, 2.24) is 9.88 Å². The lowest BCUT2D eigenvalue weighted by Gasteiger charge is -2.30. The van der Waals surface area contributed by atoms with Gasteiger partial charge in [0.1, 0.15) is 0 Å². The fourth-order valence-electron chi connectivity index (χ4n) is 2.82. The van der Waals surface area contributed by atoms with Crippen LogP contribution in [0.1, 0.15) is 11.1 Å². The van der Waals surface area contributed by atoms with E-state index < -0.39 is 6.03 Å². The molecule has 0 atom stereocenters. The van der Waals surface area contributed by atoms with Crippen LogP contribution in [-0.4, -0.2) is 28.4 Å². The van der Waals surface area contributed by atoms with Gasteiger partial charge >= 0.3 is 6.03 Å². The number of fused-ring (bicyclic) bond motifs is 1. The molecule has 0 aliphatic carbocycles. The zero-order valence-electron chi connectivity index (χ0n) is 12.7. The van der Waals surface area contributed by atoms with Crippen molar-refractivity contribution < 1.29 is 4.79 Å². The van der Waals surface area contributed by atoms with Crippen molar-refractivity contribution in [2.24, 2.45) is 16.5 Å². The van der Waals surface area contributed by atoms with Gasteiger partial charge in [0, 0.05) is 36.1 Å². The van der Waals surface area contributed by atoms with Crippen molar-refractivity contribution in [3.8, 4) is 11.1 Å². The Hall–Kier alpha value is -2.31. The number of rotatable bonds is 1. The summed E-state index contributed by atoms with van der Waals surface area (Å²) >= 11 is 12.6. The molecule has 2 aromatic rings. The zero-order valence-corrected chi connectivity index (χ0v) is 14.2. The average Bonchev–Trinajstić information content (AvgIpc) is 2.55. The van der Waals surface area contributed by atoms with Crippen LogP contribution >= 0.6 is 23.2 Å². The molecule has 0 unspecified atom stereocenters. The Morgan fingerprint density at radius 2 is 1.92 bits per heavy atom. The number of pyridine rings is 1. The number of nitrogens with zero attached hydrogens (tertiary/aromatic N) is 3. The lowest BCUT2D eigenvalue weighted by molar-refractivity contribution is 0.203. The molecule has 1 aromatic heterocycles. The molecule has 1 aliphatic rings. The number of hydrogen-bond acceptors (Lipinski definition) is 2. The van der Waals surface area contributed by atoms with Gasteiger partial charge < -0.3 is 16.4 Å². The molecule has 0 fully saturated rings. The second-order valence-corrected chi connectivity index (χ2v) is 6.21. The third-order valence-electron chi connectivity index (χ3n) is 3.91. The van der Waals surface area contributed by atoms with Crippen LogP contribution in [0.15, 0.2) is 35.6 Å². The molecule has 0 radical (unpaired) electrons. The Morgan fingerprint density at radius 1 is 1.12 bits per heavy atom. The first kappa shape index (κ1) is 16.5. The number of hydrogen-bond donors (Lipinski definition) is 2. The standard InChI is InChI=1S/C16H15Cl2N5O/c17-13-2-1-9(10-3-5-21-7-14(10)18)12-8-23(6-4-11(12)13)16(24)22-15(19)20/h1-3,5,7H,4,6,8H2,(H4,19,20,22,24). The predicted octanol–water partition coefficient (Wildman–Crippen LogP) is 2.81. The summed E-state index contributed by atoms with van der Waals surface area (Å²) in [5, 5.41) is 1.21. The molecule has 6 nitrogen and oxygen atoms in total. The van der Waals surface area contributed by atoms with Gasteiger partial charge in [0.25, 0.3) is 0 Å². The molecule has 3 rings (SSSR count). The number of guanidine groups is 1. The van der Waals surface area contributed by atoms with Crippen molar-refractivity contribution in [2.75, 3.05) is 6.54 Å². The monoisotopic (exact) mass is 363 g/mol. The van der Waals surface area contributed by atoms with Gasteiger partial charge in [-0.1, -0.05) is 29.3 Å². The minimum atomic E-state index is -0.465. The molecule has 0 spiro atoms. The maximum Gasteiger partial charge on any atom is 0.347 e. The molecule has 2 heterocycles. The molecule has 0 saturated heterocycles. The van der Waals surface area contributed by atoms with Gasteiger partial charge in [0.05, 0.1) is 5.02 Å². The van der Waals surface area contributed by atoms with Crippen molar-refractivity contribution in [3.05, 3.63) is 51.8 Å². The van der Waals surface area contributed by atoms with E-state index in [1.54, 1.807) is 17.3 Å². The third-order valence-corrected chi connectivity index (χ3v) is 4.57. The summed E-state index contributed by atoms with van der Waals surface area (Å²) in [6.45, 7) is 0.857. The highest BCUT2D eigenvalue weighted by Gasteiger charge is 2.25. The molecule has 24 heavy (non-hydrogen) atoms. The van der Waals surface area contributed by atoms with E-state index in [0.29, 0.717) is 29.6 Å². The van der Waals surface area contributed by atoms with Crippen LogP contribution in [0.25, 0.3) is 11.1 Å². The molecular weight excluding hydrogens is 349 g/mol. The maximum absolute atomic E-state index is 12.1. The topological polar surface area (TPSA) is 97.6 Å². The highest BCUT2D eigenvalue weighted by Crippen LogP contribution is 2.37. The molecule has 8 heteroatoms. The van der Waals surface area contributed by atoms with E-state index in [9.17, 15) is 4.79 Å². The van der Waals surface area contributed by atoms with E-state index >= 15 is 0 Å². The van der Waals surface area contributed by atoms with E-state index in [-0.39, 0.29) is 5.96 Å². The first-order valence-corrected chi connectivity index (χ1v) is 8.01. The molecule has 1 aliphatic heterocycles. The predicted molar refractivity (Wildman–Crippen MR) is 95.0 cm³/mol. The van der Waals surface area contributed by atoms with Crippen LogP contribution < -0.4 is 11.5 Å². The molecule has 124 valence electrons. The SMILES string of the molecule is NC(N)=NC(=O)N1CCc2c(Cl)ccc(-c3ccncc3Cl)c2C1. The van der Waals surface area contributed by atoms with Gasteiger partial charge in [0.15, 0.2) is 5.96 Å². The highest BCUT2D eigenvalue weighted by molar-refractivity contribution is 6.33. The fourth-order valence-corrected chi connectivity index (χ4v) is 3.32. The maximum atomic E-state index is 12.1. The molecule has 4 N–H and O–H groups in total. The Labute approximate surface area is 149 Å². The van der Waals surface area contributed by atoms with Gasteiger partial charge in [-0.15, -0.1) is 0 Å². The van der Waals surface area contributed by atoms with Crippen molar-refractivity contribution in [2.45, 2.75) is 13.0 Å². The van der Waals surface area contributed by atoms with Crippen LogP contribution in [0, 0.1) is 0 Å². The van der Waals surface area contributed by atoms with Gasteiger partial charge in [-0.25, -0.2) is 4.79 Å². The Morgan fingerprint density at radius 3 is 2.62 bits per heavy atom. The summed E-state index contributed by atoms with van der Waals surface area (Å²) in [6.07, 6.45) is 3.88. The van der Waals surface area contributed by atoms with Crippen LogP contribution in [0.2, 0.25) is 10.0 Å². The van der Waals surface area contributed by atoms with E-state index in [1.165, 1.54) is 0 Å². The molecule has 0 saturated carbocycles. The number of aromatic nitrogens is 1. The quantitative estimate of drug-likeness (QED) is 0.601. The lowest BCUT2D eigenvalue weighted by atomic mass is 9.91. The number of carbonyl (C=O) groups is 1. The summed E-state index contributed by atoms with van der Waals surface area (Å²) in [6, 6.07) is 5.12. The van der Waals surface area contributed by atoms with E-state index in [4.69, 9.17) is 34.7 Å². The summed E-state index contributed by atoms with van der Waals surface area (Å²) in [5.74, 6) is -0.255. The number of amides is 2. The van der Waals surface area contributed by atoms with E-state index in [2.05, 4.69) is 9.98 Å². The zero-order chi connectivity index (χ0) is 17.3. The molecular formula is C16H15Cl2N5O. The number of carbonyl (C=O) groups excluding carboxylic acids is 1. The molecule has 2 amide bonds. The number of benzene rings is 1. The van der Waals surface area contributed by atoms with Gasteiger partial charge in [0.2, 0.25) is 0 Å². The van der Waals surface area contributed by atoms with Gasteiger partial charge in [-0.2, -0.15) is 4.99 Å². The lowest BCUT2D eigenvalue weighted by Crippen LogP contribution is -2.36. The van der Waals surface area contributed by atoms with Gasteiger partial charge in [-0.05, 0) is 35.2 Å². The summed E-state index contributed by atoms with van der Waals surface area (Å²) < 4.78 is 0. The largest absolute Gasteiger partial charge is 0.370 e. The second kappa shape index (κ2) is 6.67. The van der Waals surface area contributed by atoms with Gasteiger partial charge in [-0.3, -0.25) is 4.98 Å². The third kappa shape index (κ3) is 3.16. The smallest absolute Gasteiger partial charge is 0.347 e. The number of halogens is 2. The molecule has 0 bridgehead atoms. The normalized spacial score (nSPS) is 13.3. The minimum absolute atomic E-state index is 0.255. The van der Waals surface area contributed by atoms with Crippen LogP contribution in [0.5, 0.6) is 0 Å². The Bertz CT molecular complexity index is 833. The summed E-state index contributed by atoms with van der Waals surface area (Å²) in [7, 11) is 0. The fraction of sp³-hybridized carbons (Fsp3) is 0.188. The number of urea groups is 1. The summed E-state index contributed by atoms with van der Waals surface area (Å²) in [4.78, 5) is 21.3. The average molecular weight is 364 g/mol. The second-order valence-electron chi connectivity index (χ2n) is 5.40. The van der Waals surface area contributed by atoms with Crippen LogP contribution in [-0.2, 0) is 13.0 Å². The first-order valence-electron chi connectivity index (χ1n) is 7.26. The van der Waals surface area contributed by atoms with Crippen molar-refractivity contribution in [3.63, 3.8) is 0 Å². The van der Waals surface area contributed by atoms with E-state index in [0.717, 1.165) is 22.3 Å². The highest BCUT2D eigenvalue weighted by atomic mass is 35.5. The van der Waals surface area contributed by atoms with E-state index in [1.807, 2.05) is 18.2 Å². The van der Waals surface area contributed by atoms with Crippen molar-refractivity contribution >= 4 is 35.2 Å². The Balaban J connectivity index is 2.06. The summed E-state index contributed by atoms with van der Waals surface area (Å²) in [5.41, 5.74) is 14.3. The first-order chi connectivity index (χ1) is 11.5. The van der Waals surface area contributed by atoms with Crippen LogP contribution in [0.4, 0.5) is 4.79 Å². The minimum Gasteiger partial charge on any atom is -0.370 e. The Kier molecular flexibility index (Phi) is 4.59. The molecule has 1 aromatic carbocycles. The van der Waals surface area contributed by atoms with Crippen LogP contribution in [0.3, 0.4) is 0 Å². The van der Waals surface area contributed by atoms with Crippen molar-refractivity contribution in [1.29, 1.82) is 0 Å². The number of nitrogens with two attached hydrogens (primary N) is 2.